The highest BCUT2D eigenvalue weighted by atomic mass is 19.4. The number of carbonyl (C=O) groups excluding carboxylic acids is 1. The Hall–Kier alpha value is -2.12. The van der Waals surface area contributed by atoms with Gasteiger partial charge in [-0.25, -0.2) is 0 Å². The van der Waals surface area contributed by atoms with Crippen LogP contribution in [0.3, 0.4) is 0 Å². The van der Waals surface area contributed by atoms with E-state index in [4.69, 9.17) is 0 Å². The number of hydrogen-bond donors (Lipinski definition) is 0. The molecule has 146 valence electrons. The second-order valence-electron chi connectivity index (χ2n) is 7.55. The molecule has 2 aliphatic rings. The number of nitrogens with zero attached hydrogens (tertiary/aromatic N) is 4. The van der Waals surface area contributed by atoms with Crippen molar-refractivity contribution >= 4 is 11.6 Å². The second-order valence-corrected chi connectivity index (χ2v) is 7.55. The Kier molecular flexibility index (Phi) is 4.82. The SMILES string of the molecule is O=C(C1CCCCCC1)N1CCCC1c1nnc2c(C(F)(F)F)cccn12. The van der Waals surface area contributed by atoms with Crippen LogP contribution < -0.4 is 0 Å². The lowest BCUT2D eigenvalue weighted by atomic mass is 9.98. The van der Waals surface area contributed by atoms with Gasteiger partial charge in [0.2, 0.25) is 5.91 Å². The van der Waals surface area contributed by atoms with Gasteiger partial charge in [-0.3, -0.25) is 9.20 Å². The van der Waals surface area contributed by atoms with Crippen LogP contribution in [0.2, 0.25) is 0 Å². The molecule has 5 nitrogen and oxygen atoms in total. The molecule has 1 aliphatic carbocycles. The van der Waals surface area contributed by atoms with Crippen molar-refractivity contribution in [1.82, 2.24) is 19.5 Å². The Morgan fingerprint density at radius 3 is 2.48 bits per heavy atom. The first-order chi connectivity index (χ1) is 13.0. The summed E-state index contributed by atoms with van der Waals surface area (Å²) < 4.78 is 41.1. The van der Waals surface area contributed by atoms with Crippen LogP contribution in [0.1, 0.15) is 68.8 Å². The van der Waals surface area contributed by atoms with Crippen LogP contribution in [0.4, 0.5) is 13.2 Å². The van der Waals surface area contributed by atoms with Gasteiger partial charge in [-0.1, -0.05) is 25.7 Å². The lowest BCUT2D eigenvalue weighted by Crippen LogP contribution is -2.36. The maximum Gasteiger partial charge on any atom is 0.420 e. The Morgan fingerprint density at radius 2 is 1.78 bits per heavy atom. The predicted octanol–water partition coefficient (Wildman–Crippen LogP) is 4.38. The standard InChI is InChI=1S/C19H23F3N4O/c20-19(21,22)14-9-5-12-26-16(14)23-24-17(26)15-10-6-11-25(15)18(27)13-7-3-1-2-4-8-13/h5,9,12-13,15H,1-4,6-8,10-11H2. The zero-order valence-electron chi connectivity index (χ0n) is 15.1. The summed E-state index contributed by atoms with van der Waals surface area (Å²) in [5.74, 6) is 0.580. The van der Waals surface area contributed by atoms with Gasteiger partial charge in [-0.15, -0.1) is 10.2 Å². The molecular formula is C19H23F3N4O. The maximum atomic E-state index is 13.2. The van der Waals surface area contributed by atoms with Crippen LogP contribution >= 0.6 is 0 Å². The Bertz CT molecular complexity index is 824. The molecule has 27 heavy (non-hydrogen) atoms. The van der Waals surface area contributed by atoms with Gasteiger partial charge < -0.3 is 4.90 Å². The van der Waals surface area contributed by atoms with E-state index in [0.717, 1.165) is 38.2 Å². The number of hydrogen-bond acceptors (Lipinski definition) is 3. The topological polar surface area (TPSA) is 50.5 Å². The number of fused-ring (bicyclic) bond motifs is 1. The normalized spacial score (nSPS) is 22.3. The number of halogens is 3. The number of amides is 1. The number of alkyl halides is 3. The summed E-state index contributed by atoms with van der Waals surface area (Å²) in [7, 11) is 0. The van der Waals surface area contributed by atoms with Gasteiger partial charge in [0.1, 0.15) is 5.56 Å². The minimum atomic E-state index is -4.49. The van der Waals surface area contributed by atoms with E-state index in [0.29, 0.717) is 18.8 Å². The van der Waals surface area contributed by atoms with Crippen molar-refractivity contribution in [3.63, 3.8) is 0 Å². The highest BCUT2D eigenvalue weighted by Crippen LogP contribution is 2.37. The first-order valence-electron chi connectivity index (χ1n) is 9.68. The molecule has 1 unspecified atom stereocenters. The third kappa shape index (κ3) is 3.41. The Labute approximate surface area is 155 Å². The van der Waals surface area contributed by atoms with Crippen molar-refractivity contribution < 1.29 is 18.0 Å². The lowest BCUT2D eigenvalue weighted by molar-refractivity contribution is -0.138. The fourth-order valence-corrected chi connectivity index (χ4v) is 4.44. The molecule has 0 bridgehead atoms. The van der Waals surface area contributed by atoms with Gasteiger partial charge >= 0.3 is 6.18 Å². The van der Waals surface area contributed by atoms with Gasteiger partial charge in [0.25, 0.3) is 0 Å². The minimum absolute atomic E-state index is 0.0259. The lowest BCUT2D eigenvalue weighted by Gasteiger charge is -2.27. The zero-order chi connectivity index (χ0) is 19.0. The highest BCUT2D eigenvalue weighted by molar-refractivity contribution is 5.79. The summed E-state index contributed by atoms with van der Waals surface area (Å²) in [4.78, 5) is 14.9. The molecule has 2 aromatic rings. The molecule has 1 atom stereocenters. The van der Waals surface area contributed by atoms with E-state index < -0.39 is 11.7 Å². The molecule has 0 N–H and O–H groups in total. The highest BCUT2D eigenvalue weighted by Gasteiger charge is 2.38. The van der Waals surface area contributed by atoms with Crippen molar-refractivity contribution in [1.29, 1.82) is 0 Å². The minimum Gasteiger partial charge on any atom is -0.332 e. The zero-order valence-corrected chi connectivity index (χ0v) is 15.1. The van der Waals surface area contributed by atoms with Gasteiger partial charge in [-0.2, -0.15) is 13.2 Å². The molecule has 0 radical (unpaired) electrons. The average molecular weight is 380 g/mol. The first-order valence-corrected chi connectivity index (χ1v) is 9.68. The number of likely N-dealkylation sites (tertiary alicyclic amines) is 1. The molecule has 2 fully saturated rings. The smallest absolute Gasteiger partial charge is 0.332 e. The van der Waals surface area contributed by atoms with Crippen LogP contribution in [0, 0.1) is 5.92 Å². The van der Waals surface area contributed by atoms with Crippen molar-refractivity contribution in [2.75, 3.05) is 6.54 Å². The molecule has 3 heterocycles. The molecule has 0 spiro atoms. The van der Waals surface area contributed by atoms with Crippen molar-refractivity contribution in [2.45, 2.75) is 63.6 Å². The molecule has 1 saturated heterocycles. The van der Waals surface area contributed by atoms with E-state index in [2.05, 4.69) is 10.2 Å². The van der Waals surface area contributed by atoms with Crippen LogP contribution in [0.25, 0.3) is 5.65 Å². The summed E-state index contributed by atoms with van der Waals surface area (Å²) in [5, 5.41) is 7.87. The molecule has 0 aromatic carbocycles. The number of rotatable bonds is 2. The summed E-state index contributed by atoms with van der Waals surface area (Å²) in [6.07, 6.45) is 4.87. The van der Waals surface area contributed by atoms with Gasteiger partial charge in [0.05, 0.1) is 6.04 Å². The monoisotopic (exact) mass is 380 g/mol. The van der Waals surface area contributed by atoms with E-state index in [9.17, 15) is 18.0 Å². The van der Waals surface area contributed by atoms with E-state index >= 15 is 0 Å². The molecule has 4 rings (SSSR count). The average Bonchev–Trinajstić information content (AvgIpc) is 3.18. The largest absolute Gasteiger partial charge is 0.420 e. The molecule has 2 aromatic heterocycles. The Balaban J connectivity index is 1.65. The van der Waals surface area contributed by atoms with E-state index in [1.807, 2.05) is 4.90 Å². The van der Waals surface area contributed by atoms with Gasteiger partial charge in [-0.05, 0) is 37.8 Å². The maximum absolute atomic E-state index is 13.2. The molecule has 1 amide bonds. The predicted molar refractivity (Wildman–Crippen MR) is 92.9 cm³/mol. The number of pyridine rings is 1. The summed E-state index contributed by atoms with van der Waals surface area (Å²) >= 11 is 0. The second kappa shape index (κ2) is 7.13. The summed E-state index contributed by atoms with van der Waals surface area (Å²) in [6, 6.07) is 2.06. The van der Waals surface area contributed by atoms with Crippen LogP contribution in [-0.2, 0) is 11.0 Å². The molecule has 1 aliphatic heterocycles. The van der Waals surface area contributed by atoms with Crippen LogP contribution in [0.5, 0.6) is 0 Å². The fraction of sp³-hybridized carbons (Fsp3) is 0.632. The fourth-order valence-electron chi connectivity index (χ4n) is 4.44. The van der Waals surface area contributed by atoms with Crippen molar-refractivity contribution in [2.24, 2.45) is 5.92 Å². The number of aromatic nitrogens is 3. The third-order valence-electron chi connectivity index (χ3n) is 5.80. The van der Waals surface area contributed by atoms with Crippen molar-refractivity contribution in [3.05, 3.63) is 29.7 Å². The summed E-state index contributed by atoms with van der Waals surface area (Å²) in [6.45, 7) is 0.633. The third-order valence-corrected chi connectivity index (χ3v) is 5.80. The van der Waals surface area contributed by atoms with Crippen LogP contribution in [0.15, 0.2) is 18.3 Å². The van der Waals surface area contributed by atoms with Crippen molar-refractivity contribution in [3.8, 4) is 0 Å². The number of carbonyl (C=O) groups is 1. The van der Waals surface area contributed by atoms with Gasteiger partial charge in [0.15, 0.2) is 11.5 Å². The Morgan fingerprint density at radius 1 is 1.04 bits per heavy atom. The molecule has 8 heteroatoms. The van der Waals surface area contributed by atoms with Gasteiger partial charge in [0, 0.05) is 18.7 Å². The first kappa shape index (κ1) is 18.3. The summed E-state index contributed by atoms with van der Waals surface area (Å²) in [5.41, 5.74) is -1.00. The van der Waals surface area contributed by atoms with E-state index in [-0.39, 0.29) is 23.5 Å². The van der Waals surface area contributed by atoms with E-state index in [1.54, 1.807) is 6.20 Å². The van der Waals surface area contributed by atoms with Crippen LogP contribution in [-0.4, -0.2) is 31.9 Å². The molecular weight excluding hydrogens is 357 g/mol. The molecule has 1 saturated carbocycles. The van der Waals surface area contributed by atoms with E-state index in [1.165, 1.54) is 23.3 Å². The quantitative estimate of drug-likeness (QED) is 0.727.